The summed E-state index contributed by atoms with van der Waals surface area (Å²) in [6.45, 7) is 0. The van der Waals surface area contributed by atoms with Crippen LogP contribution in [0.2, 0.25) is 0 Å². The summed E-state index contributed by atoms with van der Waals surface area (Å²) in [5, 5.41) is 0.776. The fourth-order valence-electron chi connectivity index (χ4n) is 0.740. The molecule has 84 valence electrons. The van der Waals surface area contributed by atoms with Crippen molar-refractivity contribution in [1.29, 1.82) is 0 Å². The molecule has 1 heterocycles. The fourth-order valence-corrected chi connectivity index (χ4v) is 0.813. The number of hydrogen-bond acceptors (Lipinski definition) is 10. The maximum absolute atomic E-state index is 11.0. The van der Waals surface area contributed by atoms with Gasteiger partial charge in [-0.15, -0.1) is 5.06 Å². The number of aliphatic imine (C=N–C) groups is 2. The Morgan fingerprint density at radius 1 is 1.53 bits per heavy atom. The summed E-state index contributed by atoms with van der Waals surface area (Å²) in [4.78, 5) is 22.9. The van der Waals surface area contributed by atoms with E-state index in [4.69, 9.17) is 17.2 Å². The van der Waals surface area contributed by atoms with E-state index in [2.05, 4.69) is 40.5 Å². The van der Waals surface area contributed by atoms with Crippen LogP contribution in [0.25, 0.3) is 0 Å². The van der Waals surface area contributed by atoms with Crippen LogP contribution in [-0.4, -0.2) is 33.1 Å². The molecule has 1 rings (SSSR count). The molecule has 1 aliphatic rings. The van der Waals surface area contributed by atoms with Crippen LogP contribution in [0.4, 0.5) is 4.79 Å². The molecule has 0 spiro atoms. The summed E-state index contributed by atoms with van der Waals surface area (Å²) < 4.78 is 0.599. The van der Waals surface area contributed by atoms with E-state index in [0.29, 0.717) is 3.71 Å². The van der Waals surface area contributed by atoms with Gasteiger partial charge in [-0.05, 0) is 25.6 Å². The van der Waals surface area contributed by atoms with E-state index in [1.807, 2.05) is 0 Å². The van der Waals surface area contributed by atoms with Crippen LogP contribution >= 0.6 is 25.6 Å². The number of hydrogen-bond donors (Lipinski definition) is 5. The zero-order valence-electron chi connectivity index (χ0n) is 7.31. The number of thiol groups is 2. The normalized spacial score (nSPS) is 20.5. The van der Waals surface area contributed by atoms with Gasteiger partial charge in [0.25, 0.3) is 0 Å². The molecular formula is C4H9N7O2S2. The third-order valence-electron chi connectivity index (χ3n) is 1.30. The molecule has 11 heteroatoms. The number of nitrogens with zero attached hydrogens (tertiary/aromatic N) is 4. The van der Waals surface area contributed by atoms with E-state index in [9.17, 15) is 4.79 Å². The Morgan fingerprint density at radius 3 is 2.60 bits per heavy atom. The number of carbonyl (C=O) groups is 1. The van der Waals surface area contributed by atoms with E-state index in [-0.39, 0.29) is 11.9 Å². The lowest BCUT2D eigenvalue weighted by Crippen LogP contribution is -2.53. The number of nitrogens with two attached hydrogens (primary N) is 3. The second kappa shape index (κ2) is 4.46. The summed E-state index contributed by atoms with van der Waals surface area (Å²) in [7, 11) is 0. The number of hydroxylamine groups is 2. The molecule has 0 aromatic heterocycles. The molecule has 1 atom stereocenters. The highest BCUT2D eigenvalue weighted by Crippen LogP contribution is 2.07. The van der Waals surface area contributed by atoms with Crippen LogP contribution < -0.4 is 17.2 Å². The van der Waals surface area contributed by atoms with Crippen LogP contribution in [0.1, 0.15) is 0 Å². The Bertz CT molecular complexity index is 329. The Hall–Kier alpha value is -1.33. The highest BCUT2D eigenvalue weighted by molar-refractivity contribution is 7.94. The van der Waals surface area contributed by atoms with Crippen molar-refractivity contribution in [3.05, 3.63) is 0 Å². The van der Waals surface area contributed by atoms with E-state index >= 15 is 0 Å². The molecule has 0 saturated carbocycles. The van der Waals surface area contributed by atoms with Crippen LogP contribution in [0, 0.1) is 0 Å². The van der Waals surface area contributed by atoms with Crippen molar-refractivity contribution < 1.29 is 9.63 Å². The van der Waals surface area contributed by atoms with Gasteiger partial charge in [0.15, 0.2) is 0 Å². The van der Waals surface area contributed by atoms with Crippen LogP contribution in [-0.2, 0) is 4.84 Å². The molecule has 0 radical (unpaired) electrons. The van der Waals surface area contributed by atoms with Gasteiger partial charge in [-0.25, -0.2) is 9.79 Å². The average Bonchev–Trinajstić information content (AvgIpc) is 2.10. The van der Waals surface area contributed by atoms with Crippen LogP contribution in [0.15, 0.2) is 9.98 Å². The molecule has 1 unspecified atom stereocenters. The zero-order valence-corrected chi connectivity index (χ0v) is 9.10. The summed E-state index contributed by atoms with van der Waals surface area (Å²) in [5.41, 5.74) is 16.1. The second-order valence-corrected chi connectivity index (χ2v) is 3.46. The van der Waals surface area contributed by atoms with Gasteiger partial charge in [-0.2, -0.15) is 8.70 Å². The topological polar surface area (TPSA) is 136 Å². The van der Waals surface area contributed by atoms with Gasteiger partial charge in [0.05, 0.1) is 0 Å². The summed E-state index contributed by atoms with van der Waals surface area (Å²) in [6.07, 6.45) is -1.96. The Labute approximate surface area is 96.0 Å². The van der Waals surface area contributed by atoms with Gasteiger partial charge in [0.2, 0.25) is 18.2 Å². The van der Waals surface area contributed by atoms with E-state index < -0.39 is 12.4 Å². The quantitative estimate of drug-likeness (QED) is 0.349. The molecule has 0 fully saturated rings. The minimum absolute atomic E-state index is 0.0964. The first-order chi connectivity index (χ1) is 6.91. The molecule has 0 saturated heterocycles. The molecule has 0 bridgehead atoms. The van der Waals surface area contributed by atoms with Gasteiger partial charge in [0, 0.05) is 0 Å². The van der Waals surface area contributed by atoms with Crippen molar-refractivity contribution >= 4 is 43.6 Å². The highest BCUT2D eigenvalue weighted by atomic mass is 32.2. The first-order valence-electron chi connectivity index (χ1n) is 3.54. The van der Waals surface area contributed by atoms with E-state index in [0.717, 1.165) is 5.06 Å². The second-order valence-electron chi connectivity index (χ2n) is 2.34. The lowest BCUT2D eigenvalue weighted by Gasteiger charge is -2.27. The molecule has 1 aliphatic heterocycles. The summed E-state index contributed by atoms with van der Waals surface area (Å²) >= 11 is 7.17. The lowest BCUT2D eigenvalue weighted by molar-refractivity contribution is -0.0683. The van der Waals surface area contributed by atoms with E-state index in [1.165, 1.54) is 0 Å². The Balaban J connectivity index is 2.72. The number of guanidine groups is 2. The molecular weight excluding hydrogens is 242 g/mol. The van der Waals surface area contributed by atoms with Gasteiger partial charge >= 0.3 is 6.09 Å². The van der Waals surface area contributed by atoms with Gasteiger partial charge in [-0.1, -0.05) is 0 Å². The maximum Gasteiger partial charge on any atom is 0.454 e. The molecule has 9 nitrogen and oxygen atoms in total. The molecule has 15 heavy (non-hydrogen) atoms. The lowest BCUT2D eigenvalue weighted by atomic mass is 10.7. The molecule has 0 aromatic carbocycles. The van der Waals surface area contributed by atoms with Gasteiger partial charge < -0.3 is 16.3 Å². The van der Waals surface area contributed by atoms with E-state index in [1.54, 1.807) is 0 Å². The number of carbonyl (C=O) groups excluding carboxylic acids is 1. The third-order valence-corrected chi connectivity index (χ3v) is 1.63. The van der Waals surface area contributed by atoms with Crippen molar-refractivity contribution in [1.82, 2.24) is 8.77 Å². The maximum atomic E-state index is 11.0. The van der Waals surface area contributed by atoms with Crippen LogP contribution in [0.5, 0.6) is 0 Å². The minimum Gasteiger partial charge on any atom is -0.368 e. The number of rotatable bonds is 1. The fraction of sp³-hybridized carbons (Fsp3) is 0.250. The first kappa shape index (κ1) is 11.7. The Morgan fingerprint density at radius 2 is 2.13 bits per heavy atom. The summed E-state index contributed by atoms with van der Waals surface area (Å²) in [6, 6.07) is 0. The van der Waals surface area contributed by atoms with Crippen molar-refractivity contribution in [2.45, 2.75) is 6.29 Å². The SMILES string of the molecule is NC1=NC(N)N(OC(=O)N(S)S)C(N)=N1. The molecule has 6 N–H and O–H groups in total. The Kier molecular flexibility index (Phi) is 3.49. The monoisotopic (exact) mass is 251 g/mol. The number of amides is 1. The minimum atomic E-state index is -1.05. The highest BCUT2D eigenvalue weighted by Gasteiger charge is 2.26. The smallest absolute Gasteiger partial charge is 0.368 e. The van der Waals surface area contributed by atoms with Crippen molar-refractivity contribution in [2.75, 3.05) is 0 Å². The van der Waals surface area contributed by atoms with Gasteiger partial charge in [0.1, 0.15) is 0 Å². The van der Waals surface area contributed by atoms with Crippen molar-refractivity contribution in [3.63, 3.8) is 0 Å². The predicted molar refractivity (Wildman–Crippen MR) is 59.4 cm³/mol. The summed E-state index contributed by atoms with van der Waals surface area (Å²) in [5.74, 6) is -0.284. The van der Waals surface area contributed by atoms with Crippen LogP contribution in [0.3, 0.4) is 0 Å². The first-order valence-corrected chi connectivity index (χ1v) is 4.34. The molecule has 0 aliphatic carbocycles. The molecule has 0 aromatic rings. The van der Waals surface area contributed by atoms with Gasteiger partial charge in [-0.3, -0.25) is 5.73 Å². The molecule has 1 amide bonds. The van der Waals surface area contributed by atoms with Crippen molar-refractivity contribution in [3.8, 4) is 0 Å². The predicted octanol–water partition coefficient (Wildman–Crippen LogP) is -1.78. The standard InChI is InChI=1S/C4H9N7O2S2/c5-1-8-2(6)10(3(7)9-1)13-4(12)11(14)15/h2,14-15H,6H2,(H4,5,7,8,9). The third kappa shape index (κ3) is 2.81. The zero-order chi connectivity index (χ0) is 11.6. The largest absolute Gasteiger partial charge is 0.454 e. The average molecular weight is 251 g/mol. The van der Waals surface area contributed by atoms with Crippen molar-refractivity contribution in [2.24, 2.45) is 27.2 Å².